The van der Waals surface area contributed by atoms with Crippen molar-refractivity contribution >= 4 is 5.69 Å². The van der Waals surface area contributed by atoms with Crippen LogP contribution in [0.4, 0.5) is 5.69 Å². The molecule has 0 aliphatic carbocycles. The largest absolute Gasteiger partial charge is 0.491 e. The number of aliphatic hydroxyl groups excluding tert-OH is 1. The van der Waals surface area contributed by atoms with Crippen LogP contribution in [0.15, 0.2) is 54.6 Å². The quantitative estimate of drug-likeness (QED) is 0.884. The smallest absolute Gasteiger partial charge is 0.120 e. The zero-order valence-corrected chi connectivity index (χ0v) is 11.9. The molecule has 0 saturated carbocycles. The van der Waals surface area contributed by atoms with Gasteiger partial charge in [-0.3, -0.25) is 0 Å². The molecule has 0 bridgehead atoms. The Morgan fingerprint density at radius 3 is 2.67 bits per heavy atom. The van der Waals surface area contributed by atoms with Crippen LogP contribution in [0.1, 0.15) is 5.56 Å². The molecule has 0 saturated heterocycles. The zero-order chi connectivity index (χ0) is 15.1. The van der Waals surface area contributed by atoms with E-state index >= 15 is 0 Å². The molecule has 108 valence electrons. The third-order valence-electron chi connectivity index (χ3n) is 3.09. The highest BCUT2D eigenvalue weighted by molar-refractivity contribution is 5.45. The van der Waals surface area contributed by atoms with E-state index in [-0.39, 0.29) is 6.61 Å². The van der Waals surface area contributed by atoms with E-state index in [1.807, 2.05) is 42.3 Å². The minimum Gasteiger partial charge on any atom is -0.491 e. The summed E-state index contributed by atoms with van der Waals surface area (Å²) >= 11 is 0. The summed E-state index contributed by atoms with van der Waals surface area (Å²) in [5.41, 5.74) is 1.59. The number of rotatable bonds is 6. The predicted octanol–water partition coefficient (Wildman–Crippen LogP) is 2.43. The molecule has 0 fully saturated rings. The van der Waals surface area contributed by atoms with Crippen molar-refractivity contribution in [3.05, 3.63) is 60.2 Å². The van der Waals surface area contributed by atoms with Gasteiger partial charge in [0.2, 0.25) is 0 Å². The van der Waals surface area contributed by atoms with Gasteiger partial charge in [0.15, 0.2) is 0 Å². The van der Waals surface area contributed by atoms with Crippen LogP contribution < -0.4 is 9.64 Å². The maximum atomic E-state index is 10.0. The summed E-state index contributed by atoms with van der Waals surface area (Å²) in [6.45, 7) is 0.661. The number of hydrogen-bond donors (Lipinski definition) is 1. The van der Waals surface area contributed by atoms with Gasteiger partial charge in [-0.25, -0.2) is 0 Å². The van der Waals surface area contributed by atoms with E-state index < -0.39 is 6.10 Å². The Balaban J connectivity index is 1.84. The molecular weight excluding hydrogens is 264 g/mol. The van der Waals surface area contributed by atoms with Gasteiger partial charge < -0.3 is 14.7 Å². The number of likely N-dealkylation sites (N-methyl/N-ethyl adjacent to an activating group) is 1. The van der Waals surface area contributed by atoms with E-state index in [1.54, 1.807) is 24.3 Å². The number of benzene rings is 2. The summed E-state index contributed by atoms with van der Waals surface area (Å²) in [7, 11) is 1.93. The summed E-state index contributed by atoms with van der Waals surface area (Å²) in [5.74, 6) is 0.593. The van der Waals surface area contributed by atoms with Crippen molar-refractivity contribution in [1.29, 1.82) is 5.26 Å². The van der Waals surface area contributed by atoms with E-state index in [1.165, 1.54) is 0 Å². The number of nitrogens with zero attached hydrogens (tertiary/aromatic N) is 2. The van der Waals surface area contributed by atoms with Crippen LogP contribution in [0.2, 0.25) is 0 Å². The average Bonchev–Trinajstić information content (AvgIpc) is 2.54. The highest BCUT2D eigenvalue weighted by Gasteiger charge is 2.10. The molecule has 0 spiro atoms. The maximum Gasteiger partial charge on any atom is 0.120 e. The summed E-state index contributed by atoms with van der Waals surface area (Å²) in [5, 5.41) is 18.9. The molecule has 2 aromatic rings. The lowest BCUT2D eigenvalue weighted by molar-refractivity contribution is 0.113. The highest BCUT2D eigenvalue weighted by atomic mass is 16.5. The minimum atomic E-state index is -0.610. The van der Waals surface area contributed by atoms with E-state index in [9.17, 15) is 5.11 Å². The van der Waals surface area contributed by atoms with Crippen molar-refractivity contribution in [1.82, 2.24) is 0 Å². The molecule has 1 N–H and O–H groups in total. The van der Waals surface area contributed by atoms with Gasteiger partial charge in [0, 0.05) is 19.3 Å². The van der Waals surface area contributed by atoms with Crippen molar-refractivity contribution < 1.29 is 9.84 Å². The lowest BCUT2D eigenvalue weighted by Gasteiger charge is -2.22. The molecule has 0 amide bonds. The third-order valence-corrected chi connectivity index (χ3v) is 3.09. The second-order valence-electron chi connectivity index (χ2n) is 4.82. The Bertz CT molecular complexity index is 608. The van der Waals surface area contributed by atoms with E-state index in [0.29, 0.717) is 17.9 Å². The topological polar surface area (TPSA) is 56.5 Å². The molecule has 0 aliphatic heterocycles. The lowest BCUT2D eigenvalue weighted by Crippen LogP contribution is -2.33. The van der Waals surface area contributed by atoms with Crippen LogP contribution in [0.5, 0.6) is 5.75 Å². The number of para-hydroxylation sites is 1. The normalized spacial score (nSPS) is 11.5. The molecule has 4 heteroatoms. The van der Waals surface area contributed by atoms with E-state index in [0.717, 1.165) is 5.69 Å². The lowest BCUT2D eigenvalue weighted by atomic mass is 10.2. The fourth-order valence-electron chi connectivity index (χ4n) is 2.00. The molecule has 2 rings (SSSR count). The molecule has 0 aromatic heterocycles. The Kier molecular flexibility index (Phi) is 5.19. The summed E-state index contributed by atoms with van der Waals surface area (Å²) < 4.78 is 5.52. The molecule has 1 atom stereocenters. The van der Waals surface area contributed by atoms with Gasteiger partial charge in [-0.15, -0.1) is 0 Å². The van der Waals surface area contributed by atoms with E-state index in [4.69, 9.17) is 10.00 Å². The number of nitriles is 1. The SMILES string of the molecule is CN(CC(O)COc1cccc(C#N)c1)c1ccccc1. The summed E-state index contributed by atoms with van der Waals surface area (Å²) in [6, 6.07) is 18.8. The number of ether oxygens (including phenoxy) is 1. The molecule has 21 heavy (non-hydrogen) atoms. The third kappa shape index (κ3) is 4.51. The Morgan fingerprint density at radius 2 is 1.95 bits per heavy atom. The summed E-state index contributed by atoms with van der Waals surface area (Å²) in [4.78, 5) is 1.97. The first-order valence-electron chi connectivity index (χ1n) is 6.76. The zero-order valence-electron chi connectivity index (χ0n) is 11.9. The average molecular weight is 282 g/mol. The Morgan fingerprint density at radius 1 is 1.19 bits per heavy atom. The molecule has 1 unspecified atom stereocenters. The van der Waals surface area contributed by atoms with Crippen LogP contribution in [0, 0.1) is 11.3 Å². The number of hydrogen-bond acceptors (Lipinski definition) is 4. The van der Waals surface area contributed by atoms with Crippen molar-refractivity contribution in [3.63, 3.8) is 0 Å². The first-order chi connectivity index (χ1) is 10.2. The van der Waals surface area contributed by atoms with Crippen molar-refractivity contribution in [3.8, 4) is 11.8 Å². The van der Waals surface area contributed by atoms with Gasteiger partial charge in [0.05, 0.1) is 11.6 Å². The van der Waals surface area contributed by atoms with Crippen LogP contribution >= 0.6 is 0 Å². The second-order valence-corrected chi connectivity index (χ2v) is 4.82. The van der Waals surface area contributed by atoms with Gasteiger partial charge in [-0.1, -0.05) is 24.3 Å². The van der Waals surface area contributed by atoms with Crippen LogP contribution in [0.3, 0.4) is 0 Å². The second kappa shape index (κ2) is 7.32. The van der Waals surface area contributed by atoms with Gasteiger partial charge in [0.25, 0.3) is 0 Å². The Labute approximate surface area is 124 Å². The fraction of sp³-hybridized carbons (Fsp3) is 0.235. The summed E-state index contributed by atoms with van der Waals surface area (Å²) in [6.07, 6.45) is -0.610. The standard InChI is InChI=1S/C17H18N2O2/c1-19(15-7-3-2-4-8-15)12-16(20)13-21-17-9-5-6-14(10-17)11-18/h2-10,16,20H,12-13H2,1H3. The van der Waals surface area contributed by atoms with Gasteiger partial charge >= 0.3 is 0 Å². The minimum absolute atomic E-state index is 0.187. The van der Waals surface area contributed by atoms with Gasteiger partial charge in [-0.05, 0) is 30.3 Å². The molecule has 2 aromatic carbocycles. The van der Waals surface area contributed by atoms with Gasteiger partial charge in [-0.2, -0.15) is 5.26 Å². The van der Waals surface area contributed by atoms with Crippen molar-refractivity contribution in [2.75, 3.05) is 25.1 Å². The molecule has 0 radical (unpaired) electrons. The first-order valence-corrected chi connectivity index (χ1v) is 6.76. The number of anilines is 1. The van der Waals surface area contributed by atoms with E-state index in [2.05, 4.69) is 6.07 Å². The van der Waals surface area contributed by atoms with Crippen LogP contribution in [-0.4, -0.2) is 31.4 Å². The first kappa shape index (κ1) is 14.9. The molecule has 0 aliphatic rings. The highest BCUT2D eigenvalue weighted by Crippen LogP contribution is 2.14. The molecule has 4 nitrogen and oxygen atoms in total. The Hall–Kier alpha value is -2.51. The molecular formula is C17H18N2O2. The number of aliphatic hydroxyl groups is 1. The molecule has 0 heterocycles. The van der Waals surface area contributed by atoms with Crippen LogP contribution in [-0.2, 0) is 0 Å². The maximum absolute atomic E-state index is 10.0. The van der Waals surface area contributed by atoms with Crippen molar-refractivity contribution in [2.45, 2.75) is 6.10 Å². The van der Waals surface area contributed by atoms with Crippen molar-refractivity contribution in [2.24, 2.45) is 0 Å². The fourth-order valence-corrected chi connectivity index (χ4v) is 2.00. The van der Waals surface area contributed by atoms with Crippen LogP contribution in [0.25, 0.3) is 0 Å². The predicted molar refractivity (Wildman–Crippen MR) is 82.4 cm³/mol. The van der Waals surface area contributed by atoms with Gasteiger partial charge in [0.1, 0.15) is 18.5 Å². The monoisotopic (exact) mass is 282 g/mol.